The van der Waals surface area contributed by atoms with Crippen LogP contribution in [-0.4, -0.2) is 18.1 Å². The first-order chi connectivity index (χ1) is 9.79. The predicted molar refractivity (Wildman–Crippen MR) is 78.6 cm³/mol. The molecule has 2 rings (SSSR count). The molecule has 20 heavy (non-hydrogen) atoms. The summed E-state index contributed by atoms with van der Waals surface area (Å²) >= 11 is 0. The van der Waals surface area contributed by atoms with Crippen LogP contribution in [0, 0.1) is 5.82 Å². The Balaban J connectivity index is 1.88. The van der Waals surface area contributed by atoms with Crippen LogP contribution in [0.5, 0.6) is 5.75 Å². The second-order valence-electron chi connectivity index (χ2n) is 4.50. The minimum atomic E-state index is -0.207. The number of hydrogen-bond acceptors (Lipinski definition) is 3. The summed E-state index contributed by atoms with van der Waals surface area (Å²) in [6, 6.07) is 10.3. The van der Waals surface area contributed by atoms with Gasteiger partial charge in [-0.3, -0.25) is 0 Å². The zero-order chi connectivity index (χ0) is 14.2. The number of aromatic nitrogens is 1. The molecule has 0 saturated carbocycles. The van der Waals surface area contributed by atoms with Crippen LogP contribution in [-0.2, 0) is 6.42 Å². The van der Waals surface area contributed by atoms with Gasteiger partial charge in [0.05, 0.1) is 6.61 Å². The van der Waals surface area contributed by atoms with E-state index in [1.54, 1.807) is 18.3 Å². The molecule has 0 amide bonds. The van der Waals surface area contributed by atoms with E-state index in [-0.39, 0.29) is 5.82 Å². The minimum absolute atomic E-state index is 0.207. The maximum atomic E-state index is 12.8. The van der Waals surface area contributed by atoms with Crippen LogP contribution in [0.4, 0.5) is 10.2 Å². The van der Waals surface area contributed by atoms with Crippen molar-refractivity contribution in [1.82, 2.24) is 4.98 Å². The van der Waals surface area contributed by atoms with E-state index in [1.807, 2.05) is 12.1 Å². The summed E-state index contributed by atoms with van der Waals surface area (Å²) in [5.74, 6) is 1.32. The molecule has 106 valence electrons. The molecule has 0 bridgehead atoms. The van der Waals surface area contributed by atoms with Crippen molar-refractivity contribution in [2.45, 2.75) is 19.8 Å². The second kappa shape index (κ2) is 7.48. The fraction of sp³-hybridized carbons (Fsp3) is 0.312. The molecule has 0 fully saturated rings. The molecular weight excluding hydrogens is 255 g/mol. The van der Waals surface area contributed by atoms with Gasteiger partial charge >= 0.3 is 0 Å². The lowest BCUT2D eigenvalue weighted by Gasteiger charge is -2.11. The van der Waals surface area contributed by atoms with Gasteiger partial charge in [0.15, 0.2) is 11.6 Å². The van der Waals surface area contributed by atoms with Gasteiger partial charge in [0, 0.05) is 12.7 Å². The van der Waals surface area contributed by atoms with E-state index < -0.39 is 0 Å². The first-order valence-electron chi connectivity index (χ1n) is 6.85. The fourth-order valence-electron chi connectivity index (χ4n) is 1.83. The van der Waals surface area contributed by atoms with E-state index in [1.165, 1.54) is 12.1 Å². The van der Waals surface area contributed by atoms with Gasteiger partial charge in [0.25, 0.3) is 0 Å². The van der Waals surface area contributed by atoms with Crippen molar-refractivity contribution < 1.29 is 9.13 Å². The maximum Gasteiger partial charge on any atom is 0.168 e. The average molecular weight is 274 g/mol. The molecular formula is C16H19FN2O. The van der Waals surface area contributed by atoms with Crippen molar-refractivity contribution in [2.75, 3.05) is 18.5 Å². The third-order valence-corrected chi connectivity index (χ3v) is 2.85. The number of anilines is 1. The van der Waals surface area contributed by atoms with Crippen molar-refractivity contribution in [3.8, 4) is 5.75 Å². The smallest absolute Gasteiger partial charge is 0.168 e. The lowest BCUT2D eigenvalue weighted by Crippen LogP contribution is -2.08. The molecule has 0 spiro atoms. The Morgan fingerprint density at radius 3 is 2.75 bits per heavy atom. The Bertz CT molecular complexity index is 528. The SMILES string of the molecule is CCCOc1cccnc1NCCc1ccc(F)cc1. The lowest BCUT2D eigenvalue weighted by atomic mass is 10.1. The summed E-state index contributed by atoms with van der Waals surface area (Å²) in [6.45, 7) is 3.47. The highest BCUT2D eigenvalue weighted by molar-refractivity contribution is 5.49. The summed E-state index contributed by atoms with van der Waals surface area (Å²) < 4.78 is 18.4. The van der Waals surface area contributed by atoms with E-state index in [9.17, 15) is 4.39 Å². The van der Waals surface area contributed by atoms with Gasteiger partial charge in [-0.1, -0.05) is 19.1 Å². The van der Waals surface area contributed by atoms with E-state index in [0.717, 1.165) is 36.5 Å². The summed E-state index contributed by atoms with van der Waals surface area (Å²) in [5, 5.41) is 3.26. The maximum absolute atomic E-state index is 12.8. The molecule has 1 N–H and O–H groups in total. The monoisotopic (exact) mass is 274 g/mol. The minimum Gasteiger partial charge on any atom is -0.490 e. The molecule has 0 aliphatic rings. The Labute approximate surface area is 118 Å². The molecule has 0 aliphatic heterocycles. The molecule has 0 atom stereocenters. The normalized spacial score (nSPS) is 10.3. The van der Waals surface area contributed by atoms with Crippen molar-refractivity contribution in [1.29, 1.82) is 0 Å². The van der Waals surface area contributed by atoms with Crippen LogP contribution < -0.4 is 10.1 Å². The highest BCUT2D eigenvalue weighted by Gasteiger charge is 2.03. The molecule has 4 heteroatoms. The number of pyridine rings is 1. The van der Waals surface area contributed by atoms with Crippen molar-refractivity contribution in [3.63, 3.8) is 0 Å². The topological polar surface area (TPSA) is 34.1 Å². The van der Waals surface area contributed by atoms with Gasteiger partial charge in [-0.15, -0.1) is 0 Å². The summed E-state index contributed by atoms with van der Waals surface area (Å²) in [7, 11) is 0. The fourth-order valence-corrected chi connectivity index (χ4v) is 1.83. The lowest BCUT2D eigenvalue weighted by molar-refractivity contribution is 0.318. The molecule has 2 aromatic rings. The number of nitrogens with zero attached hydrogens (tertiary/aromatic N) is 1. The predicted octanol–water partition coefficient (Wildman–Crippen LogP) is 3.66. The van der Waals surface area contributed by atoms with Gasteiger partial charge in [-0.05, 0) is 42.7 Å². The van der Waals surface area contributed by atoms with E-state index in [0.29, 0.717) is 6.61 Å². The number of rotatable bonds is 7. The highest BCUT2D eigenvalue weighted by atomic mass is 19.1. The summed E-state index contributed by atoms with van der Waals surface area (Å²) in [4.78, 5) is 4.28. The van der Waals surface area contributed by atoms with Crippen LogP contribution >= 0.6 is 0 Å². The number of nitrogens with one attached hydrogen (secondary N) is 1. The van der Waals surface area contributed by atoms with Crippen LogP contribution in [0.25, 0.3) is 0 Å². The Kier molecular flexibility index (Phi) is 5.35. The van der Waals surface area contributed by atoms with E-state index in [2.05, 4.69) is 17.2 Å². The summed E-state index contributed by atoms with van der Waals surface area (Å²) in [6.07, 6.45) is 3.51. The molecule has 1 aromatic carbocycles. The molecule has 0 saturated heterocycles. The molecule has 0 unspecified atom stereocenters. The third kappa shape index (κ3) is 4.23. The Morgan fingerprint density at radius 2 is 2.00 bits per heavy atom. The van der Waals surface area contributed by atoms with Gasteiger partial charge in [-0.25, -0.2) is 9.37 Å². The van der Waals surface area contributed by atoms with Gasteiger partial charge < -0.3 is 10.1 Å². The van der Waals surface area contributed by atoms with E-state index in [4.69, 9.17) is 4.74 Å². The van der Waals surface area contributed by atoms with Crippen LogP contribution in [0.2, 0.25) is 0 Å². The number of ether oxygens (including phenoxy) is 1. The van der Waals surface area contributed by atoms with Crippen molar-refractivity contribution >= 4 is 5.82 Å². The number of halogens is 1. The van der Waals surface area contributed by atoms with Gasteiger partial charge in [0.1, 0.15) is 5.82 Å². The Hall–Kier alpha value is -2.10. The molecule has 0 radical (unpaired) electrons. The largest absolute Gasteiger partial charge is 0.490 e. The molecule has 3 nitrogen and oxygen atoms in total. The van der Waals surface area contributed by atoms with Gasteiger partial charge in [-0.2, -0.15) is 0 Å². The second-order valence-corrected chi connectivity index (χ2v) is 4.50. The van der Waals surface area contributed by atoms with E-state index >= 15 is 0 Å². The van der Waals surface area contributed by atoms with Crippen molar-refractivity contribution in [2.24, 2.45) is 0 Å². The molecule has 1 aromatic heterocycles. The van der Waals surface area contributed by atoms with Crippen LogP contribution in [0.15, 0.2) is 42.6 Å². The first-order valence-corrected chi connectivity index (χ1v) is 6.85. The van der Waals surface area contributed by atoms with Crippen LogP contribution in [0.1, 0.15) is 18.9 Å². The third-order valence-electron chi connectivity index (χ3n) is 2.85. The first kappa shape index (κ1) is 14.3. The number of benzene rings is 1. The van der Waals surface area contributed by atoms with Crippen LogP contribution in [0.3, 0.4) is 0 Å². The zero-order valence-corrected chi connectivity index (χ0v) is 11.6. The highest BCUT2D eigenvalue weighted by Crippen LogP contribution is 2.20. The quantitative estimate of drug-likeness (QED) is 0.836. The number of hydrogen-bond donors (Lipinski definition) is 1. The van der Waals surface area contributed by atoms with Gasteiger partial charge in [0.2, 0.25) is 0 Å². The molecule has 1 heterocycles. The average Bonchev–Trinajstić information content (AvgIpc) is 2.48. The summed E-state index contributed by atoms with van der Waals surface area (Å²) in [5.41, 5.74) is 1.09. The zero-order valence-electron chi connectivity index (χ0n) is 11.6. The van der Waals surface area contributed by atoms with Crippen molar-refractivity contribution in [3.05, 3.63) is 54.0 Å². The molecule has 0 aliphatic carbocycles. The Morgan fingerprint density at radius 1 is 1.20 bits per heavy atom. The standard InChI is InChI=1S/C16H19FN2O/c1-2-12-20-15-4-3-10-18-16(15)19-11-9-13-5-7-14(17)8-6-13/h3-8,10H,2,9,11-12H2,1H3,(H,18,19).